The zero-order valence-corrected chi connectivity index (χ0v) is 14.3. The number of nitrogens with one attached hydrogen (secondary N) is 1. The molecule has 0 spiro atoms. The Hall–Kier alpha value is -2.97. The highest BCUT2D eigenvalue weighted by Crippen LogP contribution is 2.19. The molecule has 3 rings (SSSR count). The Morgan fingerprint density at radius 3 is 2.38 bits per heavy atom. The van der Waals surface area contributed by atoms with Crippen molar-refractivity contribution >= 4 is 15.8 Å². The number of sulfonamides is 1. The van der Waals surface area contributed by atoms with Gasteiger partial charge in [-0.1, -0.05) is 18.2 Å². The quantitative estimate of drug-likeness (QED) is 0.673. The molecule has 2 aromatic carbocycles. The van der Waals surface area contributed by atoms with Crippen LogP contribution in [0.15, 0.2) is 71.9 Å². The van der Waals surface area contributed by atoms with Gasteiger partial charge in [-0.25, -0.2) is 27.5 Å². The van der Waals surface area contributed by atoms with Crippen LogP contribution in [-0.4, -0.2) is 30.7 Å². The summed E-state index contributed by atoms with van der Waals surface area (Å²) in [5, 5.41) is 0. The van der Waals surface area contributed by atoms with Crippen molar-refractivity contribution in [1.82, 2.24) is 14.7 Å². The van der Waals surface area contributed by atoms with E-state index in [9.17, 15) is 17.6 Å². The minimum absolute atomic E-state index is 0.0275. The Kier molecular flexibility index (Phi) is 5.15. The SMILES string of the molecule is O=C(CNS(=O)(=O)c1ccccc1)c1cc(-c2ncccn2)ccc1F. The number of hydrogen-bond acceptors (Lipinski definition) is 5. The third-order valence-corrected chi connectivity index (χ3v) is 4.98. The molecule has 1 aromatic heterocycles. The van der Waals surface area contributed by atoms with Crippen molar-refractivity contribution in [2.24, 2.45) is 0 Å². The van der Waals surface area contributed by atoms with Crippen LogP contribution in [0.4, 0.5) is 4.39 Å². The predicted molar refractivity (Wildman–Crippen MR) is 93.4 cm³/mol. The molecule has 0 saturated heterocycles. The van der Waals surface area contributed by atoms with Crippen LogP contribution in [0.3, 0.4) is 0 Å². The van der Waals surface area contributed by atoms with Crippen LogP contribution in [0.5, 0.6) is 0 Å². The van der Waals surface area contributed by atoms with Gasteiger partial charge in [-0.2, -0.15) is 0 Å². The molecular formula is C18H14FN3O3S. The molecule has 6 nitrogen and oxygen atoms in total. The minimum Gasteiger partial charge on any atom is -0.293 e. The van der Waals surface area contributed by atoms with Crippen molar-refractivity contribution in [1.29, 1.82) is 0 Å². The van der Waals surface area contributed by atoms with Gasteiger partial charge in [-0.05, 0) is 36.4 Å². The summed E-state index contributed by atoms with van der Waals surface area (Å²) in [6.07, 6.45) is 3.06. The molecule has 0 radical (unpaired) electrons. The van der Waals surface area contributed by atoms with Gasteiger partial charge in [0.1, 0.15) is 5.82 Å². The first-order valence-electron chi connectivity index (χ1n) is 7.62. The fourth-order valence-electron chi connectivity index (χ4n) is 2.26. The largest absolute Gasteiger partial charge is 0.293 e. The lowest BCUT2D eigenvalue weighted by atomic mass is 10.1. The first kappa shape index (κ1) is 17.8. The van der Waals surface area contributed by atoms with E-state index in [0.29, 0.717) is 11.4 Å². The van der Waals surface area contributed by atoms with Crippen molar-refractivity contribution < 1.29 is 17.6 Å². The molecule has 26 heavy (non-hydrogen) atoms. The lowest BCUT2D eigenvalue weighted by molar-refractivity contribution is 0.0993. The summed E-state index contributed by atoms with van der Waals surface area (Å²) >= 11 is 0. The number of rotatable bonds is 6. The number of hydrogen-bond donors (Lipinski definition) is 1. The molecule has 0 fully saturated rings. The van der Waals surface area contributed by atoms with Crippen molar-refractivity contribution in [3.63, 3.8) is 0 Å². The van der Waals surface area contributed by atoms with Crippen LogP contribution >= 0.6 is 0 Å². The molecule has 0 saturated carbocycles. The number of halogens is 1. The number of benzene rings is 2. The maximum Gasteiger partial charge on any atom is 0.240 e. The number of carbonyl (C=O) groups is 1. The van der Waals surface area contributed by atoms with Gasteiger partial charge in [0.05, 0.1) is 17.0 Å². The fourth-order valence-corrected chi connectivity index (χ4v) is 3.27. The third-order valence-electron chi connectivity index (χ3n) is 3.57. The van der Waals surface area contributed by atoms with E-state index in [-0.39, 0.29) is 10.5 Å². The summed E-state index contributed by atoms with van der Waals surface area (Å²) in [6, 6.07) is 13.2. The molecule has 8 heteroatoms. The summed E-state index contributed by atoms with van der Waals surface area (Å²) in [6.45, 7) is -0.562. The molecule has 0 amide bonds. The summed E-state index contributed by atoms with van der Waals surface area (Å²) in [5.41, 5.74) is 0.229. The van der Waals surface area contributed by atoms with Gasteiger partial charge in [0.2, 0.25) is 10.0 Å². The summed E-state index contributed by atoms with van der Waals surface area (Å²) in [7, 11) is -3.86. The second-order valence-electron chi connectivity index (χ2n) is 5.33. The monoisotopic (exact) mass is 371 g/mol. The first-order chi connectivity index (χ1) is 12.5. The van der Waals surface area contributed by atoms with Crippen LogP contribution in [0, 0.1) is 5.82 Å². The zero-order valence-electron chi connectivity index (χ0n) is 13.5. The number of Topliss-reactive ketones (excluding diaryl/α,β-unsaturated/α-hetero) is 1. The average molecular weight is 371 g/mol. The highest BCUT2D eigenvalue weighted by molar-refractivity contribution is 7.89. The van der Waals surface area contributed by atoms with E-state index in [1.54, 1.807) is 24.3 Å². The zero-order chi connectivity index (χ0) is 18.6. The van der Waals surface area contributed by atoms with Crippen molar-refractivity contribution in [2.75, 3.05) is 6.54 Å². The average Bonchev–Trinajstić information content (AvgIpc) is 2.68. The normalized spacial score (nSPS) is 11.3. The molecule has 1 N–H and O–H groups in total. The number of nitrogens with zero attached hydrogens (tertiary/aromatic N) is 2. The lowest BCUT2D eigenvalue weighted by Gasteiger charge is -2.08. The summed E-state index contributed by atoms with van der Waals surface area (Å²) in [4.78, 5) is 20.4. The van der Waals surface area contributed by atoms with E-state index in [4.69, 9.17) is 0 Å². The Morgan fingerprint density at radius 1 is 1.00 bits per heavy atom. The Labute approximate surface area is 149 Å². The van der Waals surface area contributed by atoms with Crippen LogP contribution in [0.1, 0.15) is 10.4 Å². The molecule has 0 atom stereocenters. The van der Waals surface area contributed by atoms with E-state index >= 15 is 0 Å². The molecular weight excluding hydrogens is 357 g/mol. The van der Waals surface area contributed by atoms with E-state index in [0.717, 1.165) is 6.07 Å². The van der Waals surface area contributed by atoms with E-state index in [1.165, 1.54) is 36.7 Å². The second kappa shape index (κ2) is 7.51. The van der Waals surface area contributed by atoms with Crippen LogP contribution in [-0.2, 0) is 10.0 Å². The van der Waals surface area contributed by atoms with Gasteiger partial charge < -0.3 is 0 Å². The first-order valence-corrected chi connectivity index (χ1v) is 9.10. The second-order valence-corrected chi connectivity index (χ2v) is 7.09. The highest BCUT2D eigenvalue weighted by Gasteiger charge is 2.18. The van der Waals surface area contributed by atoms with Crippen molar-refractivity contribution in [2.45, 2.75) is 4.90 Å². The number of ketones is 1. The predicted octanol–water partition coefficient (Wildman–Crippen LogP) is 2.44. The van der Waals surface area contributed by atoms with E-state index in [1.807, 2.05) is 0 Å². The van der Waals surface area contributed by atoms with Crippen LogP contribution in [0.25, 0.3) is 11.4 Å². The molecule has 1 heterocycles. The van der Waals surface area contributed by atoms with Crippen molar-refractivity contribution in [3.8, 4) is 11.4 Å². The number of carbonyl (C=O) groups excluding carboxylic acids is 1. The fraction of sp³-hybridized carbons (Fsp3) is 0.0556. The molecule has 0 bridgehead atoms. The van der Waals surface area contributed by atoms with Gasteiger partial charge in [0.15, 0.2) is 11.6 Å². The minimum atomic E-state index is -3.86. The summed E-state index contributed by atoms with van der Waals surface area (Å²) in [5.74, 6) is -1.10. The smallest absolute Gasteiger partial charge is 0.240 e. The van der Waals surface area contributed by atoms with Crippen molar-refractivity contribution in [3.05, 3.63) is 78.4 Å². The van der Waals surface area contributed by atoms with Gasteiger partial charge in [-0.3, -0.25) is 4.79 Å². The summed E-state index contributed by atoms with van der Waals surface area (Å²) < 4.78 is 40.6. The van der Waals surface area contributed by atoms with Crippen LogP contribution in [0.2, 0.25) is 0 Å². The third kappa shape index (κ3) is 3.98. The highest BCUT2D eigenvalue weighted by atomic mass is 32.2. The van der Waals surface area contributed by atoms with Gasteiger partial charge in [0, 0.05) is 18.0 Å². The Balaban J connectivity index is 1.80. The molecule has 0 aliphatic heterocycles. The van der Waals surface area contributed by atoms with Gasteiger partial charge in [0.25, 0.3) is 0 Å². The van der Waals surface area contributed by atoms with Gasteiger partial charge >= 0.3 is 0 Å². The maximum absolute atomic E-state index is 14.0. The lowest BCUT2D eigenvalue weighted by Crippen LogP contribution is -2.30. The molecule has 0 unspecified atom stereocenters. The maximum atomic E-state index is 14.0. The Morgan fingerprint density at radius 2 is 1.69 bits per heavy atom. The molecule has 132 valence electrons. The Bertz CT molecular complexity index is 1030. The standard InChI is InChI=1S/C18H14FN3O3S/c19-16-8-7-13(18-20-9-4-10-21-18)11-15(16)17(23)12-22-26(24,25)14-5-2-1-3-6-14/h1-11,22H,12H2. The number of aromatic nitrogens is 2. The molecule has 3 aromatic rings. The topological polar surface area (TPSA) is 89.0 Å². The van der Waals surface area contributed by atoms with E-state index in [2.05, 4.69) is 14.7 Å². The van der Waals surface area contributed by atoms with E-state index < -0.39 is 28.2 Å². The molecule has 0 aliphatic carbocycles. The van der Waals surface area contributed by atoms with Gasteiger partial charge in [-0.15, -0.1) is 0 Å². The molecule has 0 aliphatic rings. The van der Waals surface area contributed by atoms with Crippen LogP contribution < -0.4 is 4.72 Å².